The lowest BCUT2D eigenvalue weighted by atomic mass is 10.1. The number of anilines is 1. The number of hydrogen-bond acceptors (Lipinski definition) is 4. The van der Waals surface area contributed by atoms with Crippen LogP contribution in [0.1, 0.15) is 16.1 Å². The SMILES string of the molecule is O=C1c2cc(F)ccc2NS(=O)(=O)N1Cc1ccco1. The largest absolute Gasteiger partial charge is 0.467 e. The predicted molar refractivity (Wildman–Crippen MR) is 67.5 cm³/mol. The minimum atomic E-state index is -4.02. The molecule has 104 valence electrons. The first-order valence-electron chi connectivity index (χ1n) is 5.64. The Hall–Kier alpha value is -2.35. The Balaban J connectivity index is 2.05. The van der Waals surface area contributed by atoms with E-state index in [2.05, 4.69) is 4.72 Å². The number of nitrogens with zero attached hydrogens (tertiary/aromatic N) is 1. The maximum absolute atomic E-state index is 13.2. The van der Waals surface area contributed by atoms with Crippen LogP contribution in [0.2, 0.25) is 0 Å². The van der Waals surface area contributed by atoms with Crippen LogP contribution in [-0.2, 0) is 16.8 Å². The molecule has 1 aromatic carbocycles. The Kier molecular flexibility index (Phi) is 2.75. The summed E-state index contributed by atoms with van der Waals surface area (Å²) in [5, 5.41) is 0. The number of rotatable bonds is 2. The van der Waals surface area contributed by atoms with Crippen LogP contribution in [0.3, 0.4) is 0 Å². The third kappa shape index (κ3) is 2.03. The van der Waals surface area contributed by atoms with Gasteiger partial charge in [-0.2, -0.15) is 8.42 Å². The molecule has 1 aromatic heterocycles. The maximum Gasteiger partial charge on any atom is 0.326 e. The molecule has 0 aliphatic carbocycles. The van der Waals surface area contributed by atoms with Gasteiger partial charge in [-0.1, -0.05) is 0 Å². The summed E-state index contributed by atoms with van der Waals surface area (Å²) in [5.41, 5.74) is 0.0264. The van der Waals surface area contributed by atoms with Crippen molar-refractivity contribution in [1.82, 2.24) is 4.31 Å². The number of benzene rings is 1. The summed E-state index contributed by atoms with van der Waals surface area (Å²) in [6.45, 7) is -0.253. The van der Waals surface area contributed by atoms with Gasteiger partial charge < -0.3 is 4.42 Å². The molecule has 0 fully saturated rings. The summed E-state index contributed by atoms with van der Waals surface area (Å²) >= 11 is 0. The molecule has 2 aromatic rings. The monoisotopic (exact) mass is 296 g/mol. The fourth-order valence-electron chi connectivity index (χ4n) is 1.92. The van der Waals surface area contributed by atoms with E-state index in [1.165, 1.54) is 12.3 Å². The first-order valence-corrected chi connectivity index (χ1v) is 7.08. The zero-order chi connectivity index (χ0) is 14.3. The molecule has 1 aliphatic heterocycles. The summed E-state index contributed by atoms with van der Waals surface area (Å²) in [4.78, 5) is 12.2. The standard InChI is InChI=1S/C12H9FN2O4S/c13-8-3-4-11-10(6-8)12(16)15(20(17,18)14-11)7-9-2-1-5-19-9/h1-6,14H,7H2. The second-order valence-corrected chi connectivity index (χ2v) is 5.78. The highest BCUT2D eigenvalue weighted by Crippen LogP contribution is 2.28. The van der Waals surface area contributed by atoms with Crippen molar-refractivity contribution in [3.8, 4) is 0 Å². The molecule has 0 saturated carbocycles. The minimum absolute atomic E-state index is 0.0358. The minimum Gasteiger partial charge on any atom is -0.467 e. The van der Waals surface area contributed by atoms with E-state index < -0.39 is 21.9 Å². The Labute approximate surface area is 114 Å². The summed E-state index contributed by atoms with van der Waals surface area (Å²) in [7, 11) is -4.02. The molecule has 1 N–H and O–H groups in total. The predicted octanol–water partition coefficient (Wildman–Crippen LogP) is 1.73. The highest BCUT2D eigenvalue weighted by atomic mass is 32.2. The normalized spacial score (nSPS) is 16.6. The van der Waals surface area contributed by atoms with Crippen LogP contribution in [0.4, 0.5) is 10.1 Å². The van der Waals surface area contributed by atoms with Gasteiger partial charge in [0.25, 0.3) is 5.91 Å². The Morgan fingerprint density at radius 1 is 1.30 bits per heavy atom. The molecule has 0 saturated heterocycles. The molecule has 2 heterocycles. The number of fused-ring (bicyclic) bond motifs is 1. The lowest BCUT2D eigenvalue weighted by Gasteiger charge is -2.28. The first kappa shape index (κ1) is 12.7. The third-order valence-electron chi connectivity index (χ3n) is 2.85. The van der Waals surface area contributed by atoms with Gasteiger partial charge in [0.15, 0.2) is 0 Å². The third-order valence-corrected chi connectivity index (χ3v) is 4.20. The Bertz CT molecular complexity index is 771. The average Bonchev–Trinajstić information content (AvgIpc) is 2.88. The van der Waals surface area contributed by atoms with Crippen molar-refractivity contribution in [2.45, 2.75) is 6.54 Å². The molecule has 0 unspecified atom stereocenters. The summed E-state index contributed by atoms with van der Waals surface area (Å²) in [6.07, 6.45) is 1.37. The average molecular weight is 296 g/mol. The van der Waals surface area contributed by atoms with E-state index in [0.29, 0.717) is 10.1 Å². The summed E-state index contributed by atoms with van der Waals surface area (Å²) < 4.78 is 45.1. The quantitative estimate of drug-likeness (QED) is 0.915. The number of carbonyl (C=O) groups excluding carboxylic acids is 1. The Morgan fingerprint density at radius 2 is 2.10 bits per heavy atom. The number of amides is 1. The van der Waals surface area contributed by atoms with E-state index in [-0.39, 0.29) is 17.8 Å². The number of hydrogen-bond donors (Lipinski definition) is 1. The molecule has 6 nitrogen and oxygen atoms in total. The number of furan rings is 1. The van der Waals surface area contributed by atoms with Crippen molar-refractivity contribution in [3.63, 3.8) is 0 Å². The number of nitrogens with one attached hydrogen (secondary N) is 1. The van der Waals surface area contributed by atoms with Gasteiger partial charge in [0, 0.05) is 0 Å². The van der Waals surface area contributed by atoms with Crippen molar-refractivity contribution in [3.05, 3.63) is 53.7 Å². The van der Waals surface area contributed by atoms with Crippen molar-refractivity contribution in [2.24, 2.45) is 0 Å². The van der Waals surface area contributed by atoms with Gasteiger partial charge in [-0.05, 0) is 30.3 Å². The molecule has 0 bridgehead atoms. The van der Waals surface area contributed by atoms with Crippen LogP contribution in [0, 0.1) is 5.82 Å². The van der Waals surface area contributed by atoms with Crippen LogP contribution in [0.5, 0.6) is 0 Å². The summed E-state index contributed by atoms with van der Waals surface area (Å²) in [5.74, 6) is -1.10. The lowest BCUT2D eigenvalue weighted by molar-refractivity contribution is 0.0846. The molecule has 1 aliphatic rings. The second-order valence-electron chi connectivity index (χ2n) is 4.19. The Morgan fingerprint density at radius 3 is 2.80 bits per heavy atom. The van der Waals surface area contributed by atoms with E-state index in [1.54, 1.807) is 12.1 Å². The zero-order valence-electron chi connectivity index (χ0n) is 10.0. The zero-order valence-corrected chi connectivity index (χ0v) is 10.9. The van der Waals surface area contributed by atoms with Gasteiger partial charge >= 0.3 is 10.2 Å². The van der Waals surface area contributed by atoms with E-state index in [4.69, 9.17) is 4.42 Å². The number of carbonyl (C=O) groups is 1. The molecule has 0 spiro atoms. The van der Waals surface area contributed by atoms with Crippen LogP contribution in [-0.4, -0.2) is 18.6 Å². The van der Waals surface area contributed by atoms with Crippen LogP contribution in [0.15, 0.2) is 41.0 Å². The van der Waals surface area contributed by atoms with Gasteiger partial charge in [-0.3, -0.25) is 9.52 Å². The van der Waals surface area contributed by atoms with E-state index in [9.17, 15) is 17.6 Å². The summed E-state index contributed by atoms with van der Waals surface area (Å²) in [6, 6.07) is 6.41. The van der Waals surface area contributed by atoms with Gasteiger partial charge in [0.05, 0.1) is 24.1 Å². The van der Waals surface area contributed by atoms with Crippen molar-refractivity contribution >= 4 is 21.8 Å². The smallest absolute Gasteiger partial charge is 0.326 e. The topological polar surface area (TPSA) is 79.6 Å². The molecule has 1 amide bonds. The highest BCUT2D eigenvalue weighted by molar-refractivity contribution is 7.91. The van der Waals surface area contributed by atoms with Crippen LogP contribution >= 0.6 is 0 Å². The molecule has 0 atom stereocenters. The van der Waals surface area contributed by atoms with Gasteiger partial charge in [-0.15, -0.1) is 0 Å². The molecule has 8 heteroatoms. The molecule has 0 radical (unpaired) electrons. The van der Waals surface area contributed by atoms with E-state index in [1.807, 2.05) is 0 Å². The van der Waals surface area contributed by atoms with E-state index in [0.717, 1.165) is 12.1 Å². The van der Waals surface area contributed by atoms with Gasteiger partial charge in [0.2, 0.25) is 0 Å². The lowest BCUT2D eigenvalue weighted by Crippen LogP contribution is -2.44. The van der Waals surface area contributed by atoms with E-state index >= 15 is 0 Å². The molecule has 3 rings (SSSR count). The molecular weight excluding hydrogens is 287 g/mol. The molecule has 20 heavy (non-hydrogen) atoms. The van der Waals surface area contributed by atoms with Gasteiger partial charge in [0.1, 0.15) is 11.6 Å². The first-order chi connectivity index (χ1) is 9.47. The molecular formula is C12H9FN2O4S. The van der Waals surface area contributed by atoms with Crippen LogP contribution in [0.25, 0.3) is 0 Å². The fourth-order valence-corrected chi connectivity index (χ4v) is 3.10. The maximum atomic E-state index is 13.2. The second kappa shape index (κ2) is 4.34. The van der Waals surface area contributed by atoms with Crippen LogP contribution < -0.4 is 4.72 Å². The van der Waals surface area contributed by atoms with Crippen molar-refractivity contribution in [1.29, 1.82) is 0 Å². The van der Waals surface area contributed by atoms with Crippen molar-refractivity contribution in [2.75, 3.05) is 4.72 Å². The van der Waals surface area contributed by atoms with Crippen molar-refractivity contribution < 1.29 is 22.0 Å². The fraction of sp³-hybridized carbons (Fsp3) is 0.0833. The highest BCUT2D eigenvalue weighted by Gasteiger charge is 2.36. The van der Waals surface area contributed by atoms with Gasteiger partial charge in [-0.25, -0.2) is 8.70 Å². The number of halogens is 1.